The van der Waals surface area contributed by atoms with Crippen LogP contribution < -0.4 is 10.9 Å². The van der Waals surface area contributed by atoms with Crippen LogP contribution in [0.4, 0.5) is 0 Å². The molecule has 1 aromatic heterocycles. The van der Waals surface area contributed by atoms with Crippen molar-refractivity contribution in [1.29, 1.82) is 0 Å². The Morgan fingerprint density at radius 1 is 1.21 bits per heavy atom. The average molecular weight is 331 g/mol. The number of aromatic nitrogens is 2. The van der Waals surface area contributed by atoms with Gasteiger partial charge in [-0.2, -0.15) is 0 Å². The molecule has 1 amide bonds. The molecule has 24 heavy (non-hydrogen) atoms. The summed E-state index contributed by atoms with van der Waals surface area (Å²) in [5.41, 5.74) is 0.388. The molecule has 0 atom stereocenters. The summed E-state index contributed by atoms with van der Waals surface area (Å²) < 4.78 is 5.86. The Morgan fingerprint density at radius 2 is 2.00 bits per heavy atom. The summed E-state index contributed by atoms with van der Waals surface area (Å²) in [5, 5.41) is 3.26. The zero-order chi connectivity index (χ0) is 17.4. The van der Waals surface area contributed by atoms with Crippen molar-refractivity contribution in [2.24, 2.45) is 0 Å². The maximum absolute atomic E-state index is 12.3. The lowest BCUT2D eigenvalue weighted by Crippen LogP contribution is -2.33. The summed E-state index contributed by atoms with van der Waals surface area (Å²) in [6, 6.07) is 7.03. The molecule has 1 aromatic carbocycles. The molecule has 0 spiro atoms. The Bertz CT molecular complexity index is 770. The van der Waals surface area contributed by atoms with Gasteiger partial charge in [-0.1, -0.05) is 18.6 Å². The van der Waals surface area contributed by atoms with Crippen molar-refractivity contribution in [2.75, 3.05) is 13.7 Å². The molecule has 0 radical (unpaired) electrons. The smallest absolute Gasteiger partial charge is 0.305 e. The highest BCUT2D eigenvalue weighted by Gasteiger charge is 2.07. The lowest BCUT2D eigenvalue weighted by atomic mass is 10.2. The minimum Gasteiger partial charge on any atom is -0.469 e. The molecule has 7 heteroatoms. The third kappa shape index (κ3) is 4.91. The van der Waals surface area contributed by atoms with Crippen LogP contribution in [0.25, 0.3) is 10.9 Å². The summed E-state index contributed by atoms with van der Waals surface area (Å²) >= 11 is 0. The molecule has 2 rings (SSSR count). The van der Waals surface area contributed by atoms with Crippen LogP contribution in [0, 0.1) is 0 Å². The topological polar surface area (TPSA) is 90.3 Å². The molecule has 7 nitrogen and oxygen atoms in total. The number of unbranched alkanes of at least 4 members (excludes halogenated alkanes) is 2. The normalized spacial score (nSPS) is 10.5. The molecule has 0 saturated carbocycles. The van der Waals surface area contributed by atoms with E-state index in [-0.39, 0.29) is 24.0 Å². The van der Waals surface area contributed by atoms with Gasteiger partial charge in [0, 0.05) is 13.0 Å². The van der Waals surface area contributed by atoms with Crippen LogP contribution in [0.3, 0.4) is 0 Å². The number of methoxy groups -OCH3 is 1. The first-order valence-corrected chi connectivity index (χ1v) is 7.89. The number of nitrogens with zero attached hydrogens (tertiary/aromatic N) is 2. The number of carbonyl (C=O) groups is 2. The van der Waals surface area contributed by atoms with E-state index in [0.29, 0.717) is 23.9 Å². The number of hydrogen-bond donors (Lipinski definition) is 1. The van der Waals surface area contributed by atoms with Crippen molar-refractivity contribution < 1.29 is 14.3 Å². The number of para-hydroxylation sites is 1. The molecule has 1 N–H and O–H groups in total. The fraction of sp³-hybridized carbons (Fsp3) is 0.412. The Kier molecular flexibility index (Phi) is 6.48. The van der Waals surface area contributed by atoms with E-state index in [2.05, 4.69) is 15.0 Å². The first kappa shape index (κ1) is 17.7. The SMILES string of the molecule is COC(=O)CCCCCNC(=O)Cn1cnc2ccccc2c1=O. The molecular formula is C17H21N3O4. The van der Waals surface area contributed by atoms with Gasteiger partial charge in [-0.3, -0.25) is 19.0 Å². The third-order valence-electron chi connectivity index (χ3n) is 3.65. The van der Waals surface area contributed by atoms with Crippen molar-refractivity contribution in [3.8, 4) is 0 Å². The van der Waals surface area contributed by atoms with Crippen LogP contribution in [-0.2, 0) is 20.9 Å². The monoisotopic (exact) mass is 331 g/mol. The number of rotatable bonds is 8. The van der Waals surface area contributed by atoms with Gasteiger partial charge in [0.2, 0.25) is 5.91 Å². The van der Waals surface area contributed by atoms with Crippen molar-refractivity contribution in [3.63, 3.8) is 0 Å². The maximum Gasteiger partial charge on any atom is 0.305 e. The number of amides is 1. The molecule has 0 aliphatic carbocycles. The number of carbonyl (C=O) groups excluding carboxylic acids is 2. The highest BCUT2D eigenvalue weighted by molar-refractivity contribution is 5.78. The van der Waals surface area contributed by atoms with Gasteiger partial charge >= 0.3 is 5.97 Å². The Balaban J connectivity index is 1.78. The van der Waals surface area contributed by atoms with Crippen molar-refractivity contribution >= 4 is 22.8 Å². The number of esters is 1. The minimum atomic E-state index is -0.234. The van der Waals surface area contributed by atoms with Crippen LogP contribution in [-0.4, -0.2) is 35.1 Å². The van der Waals surface area contributed by atoms with Crippen molar-refractivity contribution in [2.45, 2.75) is 32.2 Å². The molecule has 0 saturated heterocycles. The number of nitrogens with one attached hydrogen (secondary N) is 1. The summed E-state index contributed by atoms with van der Waals surface area (Å²) in [6.45, 7) is 0.453. The maximum atomic E-state index is 12.3. The second-order valence-corrected chi connectivity index (χ2v) is 5.43. The van der Waals surface area contributed by atoms with Crippen molar-refractivity contribution in [3.05, 3.63) is 40.9 Å². The predicted octanol–water partition coefficient (Wildman–Crippen LogP) is 1.25. The van der Waals surface area contributed by atoms with Crippen LogP contribution in [0.5, 0.6) is 0 Å². The largest absolute Gasteiger partial charge is 0.469 e. The Hall–Kier alpha value is -2.70. The van der Waals surface area contributed by atoms with Gasteiger partial charge in [-0.25, -0.2) is 4.98 Å². The fourth-order valence-electron chi connectivity index (χ4n) is 2.33. The average Bonchev–Trinajstić information content (AvgIpc) is 2.60. The molecule has 0 aliphatic heterocycles. The van der Waals surface area contributed by atoms with E-state index in [9.17, 15) is 14.4 Å². The number of benzene rings is 1. The number of hydrogen-bond acceptors (Lipinski definition) is 5. The van der Waals surface area contributed by atoms with E-state index in [1.54, 1.807) is 18.2 Å². The molecule has 128 valence electrons. The molecule has 0 unspecified atom stereocenters. The number of fused-ring (bicyclic) bond motifs is 1. The van der Waals surface area contributed by atoms with Gasteiger partial charge in [0.15, 0.2) is 0 Å². The van der Waals surface area contributed by atoms with Gasteiger partial charge in [-0.05, 0) is 25.0 Å². The van der Waals surface area contributed by atoms with Gasteiger partial charge in [0.05, 0.1) is 24.3 Å². The second kappa shape index (κ2) is 8.81. The molecule has 0 bridgehead atoms. The second-order valence-electron chi connectivity index (χ2n) is 5.43. The zero-order valence-corrected chi connectivity index (χ0v) is 13.7. The molecular weight excluding hydrogens is 310 g/mol. The Morgan fingerprint density at radius 3 is 2.79 bits per heavy atom. The number of ether oxygens (including phenoxy) is 1. The molecule has 0 fully saturated rings. The van der Waals surface area contributed by atoms with Crippen LogP contribution >= 0.6 is 0 Å². The third-order valence-corrected chi connectivity index (χ3v) is 3.65. The summed E-state index contributed by atoms with van der Waals surface area (Å²) in [5.74, 6) is -0.454. The summed E-state index contributed by atoms with van der Waals surface area (Å²) in [7, 11) is 1.37. The minimum absolute atomic E-state index is 0.0567. The van der Waals surface area contributed by atoms with Gasteiger partial charge in [0.25, 0.3) is 5.56 Å². The molecule has 0 aliphatic rings. The Labute approximate surface area is 139 Å². The molecule has 2 aromatic rings. The summed E-state index contributed by atoms with van der Waals surface area (Å²) in [6.07, 6.45) is 4.11. The predicted molar refractivity (Wildman–Crippen MR) is 89.5 cm³/mol. The van der Waals surface area contributed by atoms with Crippen molar-refractivity contribution in [1.82, 2.24) is 14.9 Å². The van der Waals surface area contributed by atoms with Crippen LogP contribution in [0.15, 0.2) is 35.4 Å². The zero-order valence-electron chi connectivity index (χ0n) is 13.7. The van der Waals surface area contributed by atoms with Gasteiger partial charge in [-0.15, -0.1) is 0 Å². The highest BCUT2D eigenvalue weighted by Crippen LogP contribution is 2.04. The van der Waals surface area contributed by atoms with Crippen LogP contribution in [0.1, 0.15) is 25.7 Å². The van der Waals surface area contributed by atoms with E-state index in [4.69, 9.17) is 0 Å². The lowest BCUT2D eigenvalue weighted by molar-refractivity contribution is -0.140. The van der Waals surface area contributed by atoms with E-state index in [1.807, 2.05) is 6.07 Å². The highest BCUT2D eigenvalue weighted by atomic mass is 16.5. The van der Waals surface area contributed by atoms with E-state index in [0.717, 1.165) is 19.3 Å². The fourth-order valence-corrected chi connectivity index (χ4v) is 2.33. The molecule has 1 heterocycles. The van der Waals surface area contributed by atoms with Gasteiger partial charge < -0.3 is 10.1 Å². The lowest BCUT2D eigenvalue weighted by Gasteiger charge is -2.08. The van der Waals surface area contributed by atoms with Crippen LogP contribution in [0.2, 0.25) is 0 Å². The first-order chi connectivity index (χ1) is 11.6. The quantitative estimate of drug-likeness (QED) is 0.581. The summed E-state index contributed by atoms with van der Waals surface area (Å²) in [4.78, 5) is 39.3. The van der Waals surface area contributed by atoms with E-state index < -0.39 is 0 Å². The first-order valence-electron chi connectivity index (χ1n) is 7.89. The van der Waals surface area contributed by atoms with E-state index in [1.165, 1.54) is 18.0 Å². The standard InChI is InChI=1S/C17H21N3O4/c1-24-16(22)9-3-2-6-10-18-15(21)11-20-12-19-14-8-5-4-7-13(14)17(20)23/h4-5,7-8,12H,2-3,6,9-11H2,1H3,(H,18,21). The van der Waals surface area contributed by atoms with Gasteiger partial charge in [0.1, 0.15) is 6.54 Å². The van der Waals surface area contributed by atoms with E-state index >= 15 is 0 Å².